The number of nitrogens with zero attached hydrogens (tertiary/aromatic N) is 10. The minimum atomic E-state index is -1.17. The second-order valence-corrected chi connectivity index (χ2v) is 22.9. The summed E-state index contributed by atoms with van der Waals surface area (Å²) >= 11 is 1.59. The summed E-state index contributed by atoms with van der Waals surface area (Å²) in [6.45, 7) is 12.6. The van der Waals surface area contributed by atoms with E-state index in [0.29, 0.717) is 53.4 Å². The standard InChI is InChI=1S/C57H69FN12O6S/c1-33(2)53(57(74)69-30-42(71)24-47(69)56(73)62-34(3)37-9-11-38(12-10-37)54-35(4)61-32-77-54)50-26-51(65-76-50)67-21-16-36(17-22-67)27-66-20-18-49(44(58)31-66)75-52-23-39(15-19-60-52)70-40-13-14-41(70)29-68(28-40)46-25-45(63-64-55(46)59)43-7-5-6-8-48(43)72/h5-12,15,19,23,25-26,32-34,36,40-42,44,47,49,53,71-72H,13-14,16-18,20-22,24,27-31H2,1-4H3,(H2,59,64)(H,62,73)/t34-,40?,41?,42+,44+,47+,49-,53+/m0/s1. The topological polar surface area (TPSA) is 216 Å². The number of β-amino-alcohol motifs (C(OH)–C–C–N with tert-alkyl or cyclic N) is 1. The summed E-state index contributed by atoms with van der Waals surface area (Å²) in [5.41, 5.74) is 14.2. The average Bonchev–Trinajstić information content (AvgIpc) is 4.31. The fraction of sp³-hybridized carbons (Fsp3) is 0.491. The first-order valence-electron chi connectivity index (χ1n) is 27.2. The largest absolute Gasteiger partial charge is 0.507 e. The number of carbonyl (C=O) groups excluding carboxylic acids is 2. The van der Waals surface area contributed by atoms with Crippen LogP contribution in [0.5, 0.6) is 11.6 Å². The number of aryl methyl sites for hydroxylation is 1. The molecule has 5 aliphatic heterocycles. The zero-order chi connectivity index (χ0) is 53.5. The molecule has 2 aromatic carbocycles. The number of ether oxygens (including phenoxy) is 1. The monoisotopic (exact) mass is 1070 g/mol. The molecule has 0 radical (unpaired) electrons. The van der Waals surface area contributed by atoms with Crippen molar-refractivity contribution in [3.8, 4) is 33.3 Å². The number of phenolic OH excluding ortho intramolecular Hbond substituents is 1. The number of hydrogen-bond donors (Lipinski definition) is 4. The molecule has 5 aliphatic rings. The van der Waals surface area contributed by atoms with E-state index in [4.69, 9.17) is 15.0 Å². The normalized spacial score (nSPS) is 23.9. The van der Waals surface area contributed by atoms with Crippen molar-refractivity contribution in [3.63, 3.8) is 0 Å². The number of halogens is 1. The highest BCUT2D eigenvalue weighted by Gasteiger charge is 2.45. The van der Waals surface area contributed by atoms with Gasteiger partial charge in [0.2, 0.25) is 17.7 Å². The van der Waals surface area contributed by atoms with Crippen LogP contribution in [0.15, 0.2) is 89.0 Å². The van der Waals surface area contributed by atoms with Crippen molar-refractivity contribution in [1.29, 1.82) is 0 Å². The van der Waals surface area contributed by atoms with Gasteiger partial charge < -0.3 is 50.1 Å². The Morgan fingerprint density at radius 2 is 1.68 bits per heavy atom. The van der Waals surface area contributed by atoms with Crippen molar-refractivity contribution >= 4 is 46.2 Å². The van der Waals surface area contributed by atoms with Gasteiger partial charge in [0.15, 0.2) is 17.4 Å². The van der Waals surface area contributed by atoms with E-state index in [-0.39, 0.29) is 54.6 Å². The van der Waals surface area contributed by atoms with Crippen LogP contribution in [0.4, 0.5) is 27.4 Å². The van der Waals surface area contributed by atoms with Gasteiger partial charge in [-0.2, -0.15) is 0 Å². The number of fused-ring (bicyclic) bond motifs is 2. The third kappa shape index (κ3) is 11.0. The summed E-state index contributed by atoms with van der Waals surface area (Å²) in [6, 6.07) is 22.1. The van der Waals surface area contributed by atoms with Crippen molar-refractivity contribution in [2.24, 2.45) is 11.8 Å². The van der Waals surface area contributed by atoms with Crippen LogP contribution in [0.25, 0.3) is 21.7 Å². The van der Waals surface area contributed by atoms with E-state index in [2.05, 4.69) is 50.2 Å². The number of phenols is 1. The lowest BCUT2D eigenvalue weighted by molar-refractivity contribution is -0.141. The van der Waals surface area contributed by atoms with Crippen molar-refractivity contribution in [3.05, 3.63) is 102 Å². The van der Waals surface area contributed by atoms with Crippen LogP contribution in [-0.4, -0.2) is 146 Å². The highest BCUT2D eigenvalue weighted by Crippen LogP contribution is 2.41. The number of likely N-dealkylation sites (tertiary alicyclic amines) is 2. The Labute approximate surface area is 452 Å². The third-order valence-electron chi connectivity index (χ3n) is 16.5. The number of hydrogen-bond acceptors (Lipinski definition) is 17. The van der Waals surface area contributed by atoms with Crippen molar-refractivity contribution in [1.82, 2.24) is 40.4 Å². The number of nitrogen functional groups attached to an aromatic ring is 1. The molecule has 5 N–H and O–H groups in total. The van der Waals surface area contributed by atoms with E-state index < -0.39 is 30.3 Å². The average molecular weight is 1070 g/mol. The van der Waals surface area contributed by atoms with Gasteiger partial charge in [-0.05, 0) is 93.2 Å². The van der Waals surface area contributed by atoms with E-state index in [1.165, 1.54) is 4.90 Å². The fourth-order valence-electron chi connectivity index (χ4n) is 12.4. The number of piperazine rings is 1. The molecule has 2 unspecified atom stereocenters. The Kier molecular flexibility index (Phi) is 15.1. The molecule has 0 aliphatic carbocycles. The summed E-state index contributed by atoms with van der Waals surface area (Å²) in [5.74, 6) is 0.961. The number of anilines is 4. The summed E-state index contributed by atoms with van der Waals surface area (Å²) in [4.78, 5) is 48.9. The van der Waals surface area contributed by atoms with Gasteiger partial charge in [0.05, 0.1) is 39.6 Å². The lowest BCUT2D eigenvalue weighted by Crippen LogP contribution is -2.54. The summed E-state index contributed by atoms with van der Waals surface area (Å²) in [6.07, 6.45) is 3.70. The first kappa shape index (κ1) is 52.2. The molecule has 5 fully saturated rings. The number of alkyl halides is 1. The maximum atomic E-state index is 16.0. The van der Waals surface area contributed by atoms with Crippen molar-refractivity contribution in [2.45, 2.75) is 115 Å². The predicted octanol–water partition coefficient (Wildman–Crippen LogP) is 7.39. The number of pyridine rings is 1. The molecule has 4 aromatic heterocycles. The number of thiazole rings is 1. The molecule has 406 valence electrons. The first-order chi connectivity index (χ1) is 37.2. The molecule has 18 nitrogen and oxygen atoms in total. The van der Waals surface area contributed by atoms with E-state index in [9.17, 15) is 19.8 Å². The Bertz CT molecular complexity index is 3030. The van der Waals surface area contributed by atoms with Crippen LogP contribution >= 0.6 is 11.3 Å². The molecule has 11 rings (SSSR count). The van der Waals surface area contributed by atoms with Gasteiger partial charge in [0.25, 0.3) is 0 Å². The highest BCUT2D eigenvalue weighted by molar-refractivity contribution is 7.13. The number of aromatic hydroxyl groups is 1. The van der Waals surface area contributed by atoms with Crippen LogP contribution < -0.4 is 30.5 Å². The molecule has 2 amide bonds. The van der Waals surface area contributed by atoms with Gasteiger partial charge in [0.1, 0.15) is 30.0 Å². The Balaban J connectivity index is 0.647. The lowest BCUT2D eigenvalue weighted by atomic mass is 9.91. The molecule has 0 spiro atoms. The van der Waals surface area contributed by atoms with Crippen molar-refractivity contribution < 1.29 is 33.5 Å². The zero-order valence-electron chi connectivity index (χ0n) is 44.1. The molecule has 5 saturated heterocycles. The summed E-state index contributed by atoms with van der Waals surface area (Å²) in [5, 5.41) is 37.3. The van der Waals surface area contributed by atoms with E-state index >= 15 is 4.39 Å². The lowest BCUT2D eigenvalue weighted by Gasteiger charge is -2.43. The molecule has 9 heterocycles. The minimum absolute atomic E-state index is 0.0564. The van der Waals surface area contributed by atoms with Gasteiger partial charge in [-0.3, -0.25) is 14.5 Å². The number of nitrogens with two attached hydrogens (primary N) is 1. The summed E-state index contributed by atoms with van der Waals surface area (Å²) in [7, 11) is 0. The zero-order valence-corrected chi connectivity index (χ0v) is 44.9. The quantitative estimate of drug-likeness (QED) is 0.0789. The van der Waals surface area contributed by atoms with Gasteiger partial charge in [-0.25, -0.2) is 14.4 Å². The van der Waals surface area contributed by atoms with Crippen LogP contribution in [0.1, 0.15) is 88.3 Å². The maximum Gasteiger partial charge on any atom is 0.243 e. The maximum absolute atomic E-state index is 16.0. The molecule has 6 aromatic rings. The smallest absolute Gasteiger partial charge is 0.243 e. The molecule has 77 heavy (non-hydrogen) atoms. The molecular formula is C57H69FN12O6S. The van der Waals surface area contributed by atoms with Crippen LogP contribution in [0.2, 0.25) is 0 Å². The second kappa shape index (κ2) is 22.2. The van der Waals surface area contributed by atoms with Gasteiger partial charge in [-0.1, -0.05) is 55.4 Å². The first-order valence-corrected chi connectivity index (χ1v) is 28.1. The second-order valence-electron chi connectivity index (χ2n) is 22.0. The van der Waals surface area contributed by atoms with E-state index in [1.54, 1.807) is 29.7 Å². The molecular weight excluding hydrogens is 1000 g/mol. The Morgan fingerprint density at radius 1 is 0.909 bits per heavy atom. The van der Waals surface area contributed by atoms with Crippen molar-refractivity contribution in [2.75, 3.05) is 72.8 Å². The number of aliphatic hydroxyl groups excluding tert-OH is 1. The Morgan fingerprint density at radius 3 is 2.39 bits per heavy atom. The number of para-hydroxylation sites is 1. The molecule has 2 bridgehead atoms. The number of benzene rings is 2. The number of aromatic nitrogens is 5. The predicted molar refractivity (Wildman–Crippen MR) is 294 cm³/mol. The molecule has 8 atom stereocenters. The highest BCUT2D eigenvalue weighted by atomic mass is 32.1. The minimum Gasteiger partial charge on any atom is -0.507 e. The molecule has 20 heteroatoms. The number of amides is 2. The van der Waals surface area contributed by atoms with Gasteiger partial charge >= 0.3 is 0 Å². The molecule has 0 saturated carbocycles. The van der Waals surface area contributed by atoms with Gasteiger partial charge in [0, 0.05) is 100 Å². The number of nitrogens with one attached hydrogen (secondary N) is 1. The number of rotatable bonds is 15. The SMILES string of the molecule is Cc1ncsc1-c1ccc([C@H](C)NC(=O)[C@H]2C[C@@H](O)CN2C(=O)[C@@H](c2cc(N3CCC(CN4CC[C@H](Oc5cc(N6C7CCC6CN(c6cc(-c8ccccc8O)nnc6N)C7)ccn5)[C@H](F)C4)CC3)no2)C(C)C)cc1. The van der Waals surface area contributed by atoms with Crippen LogP contribution in [0.3, 0.4) is 0 Å². The number of piperidine rings is 2. The van der Waals surface area contributed by atoms with E-state index in [1.807, 2.05) is 93.9 Å². The van der Waals surface area contributed by atoms with E-state index in [0.717, 1.165) is 98.0 Å². The van der Waals surface area contributed by atoms with Crippen LogP contribution in [0, 0.1) is 18.8 Å². The summed E-state index contributed by atoms with van der Waals surface area (Å²) < 4.78 is 28.3. The number of aliphatic hydroxyl groups is 1. The van der Waals surface area contributed by atoms with Crippen LogP contribution in [-0.2, 0) is 9.59 Å². The van der Waals surface area contributed by atoms with Gasteiger partial charge in [-0.15, -0.1) is 21.5 Å². The Hall–Kier alpha value is -6.90. The fourth-order valence-corrected chi connectivity index (χ4v) is 13.2. The third-order valence-corrected chi connectivity index (χ3v) is 17.5. The number of carbonyl (C=O) groups is 2.